The zero-order chi connectivity index (χ0) is 31.7. The molecule has 44 heavy (non-hydrogen) atoms. The molecular weight excluding hydrogens is 638 g/mol. The number of aliphatic carboxylic acids is 2. The molecule has 0 bridgehead atoms. The SMILES string of the molecule is C[C@H](O/N=C(\C(=O)NC1C(=O)N2C(C(=O)O)=C(C[n+]3ccc4c(c3)ncn4CCCN)CSC12)c1nc(N)sc1Cl)C(=O)O. The zero-order valence-electron chi connectivity index (χ0n) is 23.0. The number of carbonyl (C=O) groups is 4. The number of aryl methyl sites for hydroxylation is 1. The van der Waals surface area contributed by atoms with Crippen LogP contribution in [0, 0.1) is 0 Å². The normalized spacial score (nSPS) is 19.0. The number of halogens is 1. The number of pyridine rings is 1. The number of anilines is 1. The van der Waals surface area contributed by atoms with Crippen LogP contribution in [-0.4, -0.2) is 88.9 Å². The van der Waals surface area contributed by atoms with Crippen LogP contribution in [0.2, 0.25) is 4.34 Å². The summed E-state index contributed by atoms with van der Waals surface area (Å²) in [5, 5.41) is 24.7. The molecule has 16 nitrogen and oxygen atoms in total. The lowest BCUT2D eigenvalue weighted by Crippen LogP contribution is -2.71. The number of carboxylic acid groups (broad SMARTS) is 2. The number of nitrogens with two attached hydrogens (primary N) is 2. The van der Waals surface area contributed by atoms with Gasteiger partial charge in [-0.2, -0.15) is 4.57 Å². The van der Waals surface area contributed by atoms with Gasteiger partial charge in [0.1, 0.15) is 27.1 Å². The number of aromatic nitrogens is 4. The molecule has 232 valence electrons. The van der Waals surface area contributed by atoms with Crippen molar-refractivity contribution in [1.82, 2.24) is 24.8 Å². The van der Waals surface area contributed by atoms with E-state index < -0.39 is 47.0 Å². The molecule has 19 heteroatoms. The molecule has 3 aromatic rings. The van der Waals surface area contributed by atoms with Gasteiger partial charge in [-0.3, -0.25) is 14.5 Å². The first kappa shape index (κ1) is 31.2. The lowest BCUT2D eigenvalue weighted by molar-refractivity contribution is -0.687. The summed E-state index contributed by atoms with van der Waals surface area (Å²) in [4.78, 5) is 64.6. The summed E-state index contributed by atoms with van der Waals surface area (Å²) < 4.78 is 3.79. The summed E-state index contributed by atoms with van der Waals surface area (Å²) >= 11 is 8.30. The van der Waals surface area contributed by atoms with Crippen molar-refractivity contribution >= 4 is 80.3 Å². The van der Waals surface area contributed by atoms with E-state index in [9.17, 15) is 24.3 Å². The third kappa shape index (κ3) is 6.05. The summed E-state index contributed by atoms with van der Waals surface area (Å²) in [6.45, 7) is 2.69. The number of β-lactam (4-membered cyclic amide) rings is 1. The average molecular weight is 665 g/mol. The highest BCUT2D eigenvalue weighted by atomic mass is 35.5. The molecule has 2 aliphatic heterocycles. The van der Waals surface area contributed by atoms with Crippen molar-refractivity contribution < 1.29 is 38.8 Å². The molecule has 1 saturated heterocycles. The number of thiazole rings is 1. The Morgan fingerprint density at radius 2 is 2.14 bits per heavy atom. The Morgan fingerprint density at radius 3 is 2.80 bits per heavy atom. The maximum absolute atomic E-state index is 13.3. The monoisotopic (exact) mass is 664 g/mol. The van der Waals surface area contributed by atoms with Crippen molar-refractivity contribution in [2.24, 2.45) is 10.9 Å². The molecule has 3 aromatic heterocycles. The minimum Gasteiger partial charge on any atom is -0.478 e. The average Bonchev–Trinajstić information content (AvgIpc) is 3.55. The van der Waals surface area contributed by atoms with E-state index in [1.54, 1.807) is 10.9 Å². The van der Waals surface area contributed by atoms with Crippen LogP contribution in [0.1, 0.15) is 19.0 Å². The van der Waals surface area contributed by atoms with Crippen molar-refractivity contribution in [3.8, 4) is 0 Å². The van der Waals surface area contributed by atoms with Crippen LogP contribution in [-0.2, 0) is 37.1 Å². The maximum Gasteiger partial charge on any atom is 0.352 e. The molecule has 0 aliphatic carbocycles. The fourth-order valence-electron chi connectivity index (χ4n) is 4.66. The quantitative estimate of drug-likeness (QED) is 0.0745. The van der Waals surface area contributed by atoms with Gasteiger partial charge in [-0.15, -0.1) is 11.8 Å². The van der Waals surface area contributed by atoms with Crippen molar-refractivity contribution in [2.75, 3.05) is 18.0 Å². The second-order valence-corrected chi connectivity index (χ2v) is 12.5. The molecule has 5 heterocycles. The van der Waals surface area contributed by atoms with Crippen LogP contribution in [0.15, 0.2) is 41.2 Å². The summed E-state index contributed by atoms with van der Waals surface area (Å²) in [5.41, 5.74) is 12.7. The first-order valence-corrected chi connectivity index (χ1v) is 15.4. The number of carbonyl (C=O) groups excluding carboxylic acids is 2. The van der Waals surface area contributed by atoms with E-state index >= 15 is 0 Å². The molecule has 1 fully saturated rings. The molecular formula is C25H27ClN9O7S2+. The Hall–Kier alpha value is -4.26. The second kappa shape index (κ2) is 12.8. The number of rotatable bonds is 12. The molecule has 2 aliphatic rings. The van der Waals surface area contributed by atoms with Crippen molar-refractivity contribution in [3.05, 3.63) is 46.1 Å². The fourth-order valence-corrected chi connectivity index (χ4v) is 6.92. The molecule has 2 amide bonds. The highest BCUT2D eigenvalue weighted by Gasteiger charge is 2.55. The third-order valence-corrected chi connectivity index (χ3v) is 9.25. The van der Waals surface area contributed by atoms with Gasteiger partial charge in [0.2, 0.25) is 6.10 Å². The smallest absolute Gasteiger partial charge is 0.352 e. The van der Waals surface area contributed by atoms with Crippen molar-refractivity contribution in [1.29, 1.82) is 0 Å². The largest absolute Gasteiger partial charge is 0.478 e. The van der Waals surface area contributed by atoms with E-state index in [1.807, 2.05) is 23.0 Å². The first-order chi connectivity index (χ1) is 21.0. The molecule has 2 unspecified atom stereocenters. The molecule has 0 aromatic carbocycles. The van der Waals surface area contributed by atoms with Gasteiger partial charge in [-0.1, -0.05) is 28.1 Å². The number of thioether (sulfide) groups is 1. The van der Waals surface area contributed by atoms with Gasteiger partial charge < -0.3 is 36.4 Å². The fraction of sp³-hybridized carbons (Fsp3) is 0.360. The predicted octanol–water partition coefficient (Wildman–Crippen LogP) is -0.00270. The number of imidazole rings is 1. The van der Waals surface area contributed by atoms with Crippen LogP contribution in [0.3, 0.4) is 0 Å². The van der Waals surface area contributed by atoms with Crippen LogP contribution in [0.25, 0.3) is 11.0 Å². The number of nitrogens with zero attached hydrogens (tertiary/aromatic N) is 6. The minimum atomic E-state index is -1.41. The van der Waals surface area contributed by atoms with E-state index in [2.05, 4.69) is 20.4 Å². The van der Waals surface area contributed by atoms with Crippen molar-refractivity contribution in [3.63, 3.8) is 0 Å². The van der Waals surface area contributed by atoms with E-state index in [4.69, 9.17) is 33.0 Å². The van der Waals surface area contributed by atoms with E-state index in [-0.39, 0.29) is 33.2 Å². The molecule has 5 rings (SSSR count). The van der Waals surface area contributed by atoms with Gasteiger partial charge >= 0.3 is 11.9 Å². The number of hydrogen-bond acceptors (Lipinski definition) is 12. The van der Waals surface area contributed by atoms with Crippen LogP contribution in [0.4, 0.5) is 5.13 Å². The lowest BCUT2D eigenvalue weighted by atomic mass is 10.0. The van der Waals surface area contributed by atoms with Crippen LogP contribution >= 0.6 is 34.7 Å². The molecule has 0 radical (unpaired) electrons. The molecule has 0 spiro atoms. The number of hydrogen-bond donors (Lipinski definition) is 5. The number of nitrogen functional groups attached to an aromatic ring is 1. The zero-order valence-corrected chi connectivity index (χ0v) is 25.4. The first-order valence-electron chi connectivity index (χ1n) is 13.1. The van der Waals surface area contributed by atoms with Gasteiger partial charge in [0.05, 0.1) is 11.8 Å². The second-order valence-electron chi connectivity index (χ2n) is 9.79. The van der Waals surface area contributed by atoms with Crippen LogP contribution < -0.4 is 21.4 Å². The van der Waals surface area contributed by atoms with Crippen molar-refractivity contribution in [2.45, 2.75) is 44.0 Å². The van der Waals surface area contributed by atoms with Gasteiger partial charge in [0.25, 0.3) is 11.8 Å². The maximum atomic E-state index is 13.3. The predicted molar refractivity (Wildman–Crippen MR) is 160 cm³/mol. The van der Waals surface area contributed by atoms with E-state index in [0.717, 1.165) is 40.2 Å². The highest BCUT2D eigenvalue weighted by Crippen LogP contribution is 2.40. The number of fused-ring (bicyclic) bond motifs is 2. The van der Waals surface area contributed by atoms with E-state index in [0.29, 0.717) is 12.1 Å². The highest BCUT2D eigenvalue weighted by molar-refractivity contribution is 8.00. The van der Waals surface area contributed by atoms with Crippen LogP contribution in [0.5, 0.6) is 0 Å². The third-order valence-electron chi connectivity index (χ3n) is 6.82. The molecule has 7 N–H and O–H groups in total. The summed E-state index contributed by atoms with van der Waals surface area (Å²) in [6, 6.07) is 0.781. The topological polar surface area (TPSA) is 232 Å². The summed E-state index contributed by atoms with van der Waals surface area (Å²) in [7, 11) is 0. The number of nitrogens with one attached hydrogen (secondary N) is 1. The molecule has 0 saturated carbocycles. The standard InChI is InChI=1S/C25H26ClN9O7S2/c1-11(23(38)39)42-32-16(15-19(26)44-25(28)31-15)20(36)30-17-21(37)35-18(24(40)41)12(9-43-22(17)35)7-33-6-3-14-13(8-33)29-10-34(14)5-2-4-27/h3,6,8,10-11,17,22H,2,4-5,7,9,27H2,1H3,(H4-,28,30,31,36,38,39,40,41)/p+1/b32-16-/t11-,17?,22?/m0/s1. The lowest BCUT2D eigenvalue weighted by Gasteiger charge is -2.49. The Kier molecular flexibility index (Phi) is 9.05. The Balaban J connectivity index is 1.35. The van der Waals surface area contributed by atoms with Gasteiger partial charge in [-0.05, 0) is 19.9 Å². The number of carboxylic acids is 2. The minimum absolute atomic E-state index is 0.00432. The van der Waals surface area contributed by atoms with Gasteiger partial charge in [0.15, 0.2) is 35.3 Å². The van der Waals surface area contributed by atoms with Gasteiger partial charge in [-0.25, -0.2) is 19.6 Å². The van der Waals surface area contributed by atoms with E-state index in [1.165, 1.54) is 18.7 Å². The summed E-state index contributed by atoms with van der Waals surface area (Å²) in [5.74, 6) is -3.92. The number of oxime groups is 1. The number of amides is 2. The molecule has 3 atom stereocenters. The Bertz CT molecular complexity index is 1720. The Labute approximate surface area is 262 Å². The van der Waals surface area contributed by atoms with Gasteiger partial charge in [0, 0.05) is 23.9 Å². The summed E-state index contributed by atoms with van der Waals surface area (Å²) in [6.07, 6.45) is 4.75. The Morgan fingerprint density at radius 1 is 1.36 bits per heavy atom.